The molecule has 3 aliphatic heterocycles. The highest BCUT2D eigenvalue weighted by Crippen LogP contribution is 2.66. The van der Waals surface area contributed by atoms with Gasteiger partial charge in [-0.2, -0.15) is 0 Å². The number of carbonyl (C=O) groups excluding carboxylic acids is 3. The van der Waals surface area contributed by atoms with Gasteiger partial charge >= 0.3 is 18.0 Å². The fourth-order valence-electron chi connectivity index (χ4n) is 10.4. The Balaban J connectivity index is 1.29. The number of hydrogen-bond acceptors (Lipinski definition) is 12. The Kier molecular flexibility index (Phi) is 12.4. The molecule has 5 aromatic carbocycles. The molecule has 3 N–H and O–H groups in total. The zero-order valence-corrected chi connectivity index (χ0v) is 36.2. The highest BCUT2D eigenvalue weighted by atomic mass is 16.6. The maximum atomic E-state index is 16.1. The average molecular weight is 906 g/mol. The van der Waals surface area contributed by atoms with E-state index >= 15 is 4.79 Å². The van der Waals surface area contributed by atoms with E-state index in [9.17, 15) is 39.8 Å². The summed E-state index contributed by atoms with van der Waals surface area (Å²) in [6.45, 7) is -0.796. The normalized spacial score (nSPS) is 24.1. The maximum Gasteiger partial charge on any atom is 0.421 e. The lowest BCUT2D eigenvalue weighted by Gasteiger charge is -2.46. The highest BCUT2D eigenvalue weighted by molar-refractivity contribution is 6.23. The number of carboxylic acids is 1. The second-order valence-electron chi connectivity index (χ2n) is 17.3. The Bertz CT molecular complexity index is 2770. The molecule has 0 aromatic heterocycles. The van der Waals surface area contributed by atoms with Gasteiger partial charge in [0.25, 0.3) is 5.69 Å². The number of aliphatic hydroxyl groups is 2. The number of hydrogen-bond donors (Lipinski definition) is 3. The molecule has 2 saturated heterocycles. The number of non-ortho nitro benzene ring substituents is 1. The number of aliphatic carboxylic acids is 1. The molecule has 15 heteroatoms. The third-order valence-corrected chi connectivity index (χ3v) is 13.3. The van der Waals surface area contributed by atoms with Crippen LogP contribution in [0.3, 0.4) is 0 Å². The van der Waals surface area contributed by atoms with Crippen LogP contribution in [0.4, 0.5) is 16.2 Å². The number of aliphatic hydroxyl groups excluding tert-OH is 1. The predicted octanol–water partition coefficient (Wildman–Crippen LogP) is 7.49. The van der Waals surface area contributed by atoms with E-state index in [1.54, 1.807) is 65.6 Å². The zero-order chi connectivity index (χ0) is 46.9. The second-order valence-corrected chi connectivity index (χ2v) is 17.3. The molecular formula is C52H47N3O12. The number of morpholine rings is 1. The van der Waals surface area contributed by atoms with E-state index in [1.807, 2.05) is 36.4 Å². The molecule has 9 rings (SSSR count). The van der Waals surface area contributed by atoms with Gasteiger partial charge in [-0.15, -0.1) is 0 Å². The van der Waals surface area contributed by atoms with Crippen molar-refractivity contribution in [1.82, 2.24) is 4.90 Å². The Hall–Kier alpha value is -7.38. The molecular weight excluding hydrogens is 859 g/mol. The summed E-state index contributed by atoms with van der Waals surface area (Å²) in [5, 5.41) is 44.3. The van der Waals surface area contributed by atoms with Gasteiger partial charge in [0.2, 0.25) is 5.91 Å². The summed E-state index contributed by atoms with van der Waals surface area (Å²) in [6, 6.07) is 30.9. The van der Waals surface area contributed by atoms with E-state index in [2.05, 4.69) is 11.8 Å². The first kappa shape index (κ1) is 44.8. The van der Waals surface area contributed by atoms with Crippen LogP contribution in [-0.2, 0) is 35.9 Å². The number of nitro benzene ring substituents is 1. The summed E-state index contributed by atoms with van der Waals surface area (Å²) < 4.78 is 18.0. The van der Waals surface area contributed by atoms with Gasteiger partial charge in [0.15, 0.2) is 0 Å². The quantitative estimate of drug-likeness (QED) is 0.0409. The van der Waals surface area contributed by atoms with Gasteiger partial charge < -0.3 is 29.5 Å². The number of imide groups is 1. The molecule has 2 amide bonds. The molecule has 1 aliphatic carbocycles. The van der Waals surface area contributed by atoms with E-state index in [1.165, 1.54) is 30.3 Å². The Morgan fingerprint density at radius 2 is 1.49 bits per heavy atom. The van der Waals surface area contributed by atoms with Crippen LogP contribution >= 0.6 is 0 Å². The highest BCUT2D eigenvalue weighted by Gasteiger charge is 2.76. The van der Waals surface area contributed by atoms with Gasteiger partial charge in [0, 0.05) is 17.7 Å². The largest absolute Gasteiger partial charge is 0.491 e. The van der Waals surface area contributed by atoms with Crippen LogP contribution in [0, 0.1) is 27.9 Å². The van der Waals surface area contributed by atoms with Crippen LogP contribution in [0.5, 0.6) is 5.75 Å². The molecule has 3 heterocycles. The maximum absolute atomic E-state index is 16.1. The van der Waals surface area contributed by atoms with Gasteiger partial charge in [0.1, 0.15) is 48.0 Å². The monoisotopic (exact) mass is 905 g/mol. The predicted molar refractivity (Wildman–Crippen MR) is 241 cm³/mol. The molecule has 15 nitrogen and oxygen atoms in total. The number of carbonyl (C=O) groups is 4. The fraction of sp³-hybridized carbons (Fsp3) is 0.308. The van der Waals surface area contributed by atoms with Gasteiger partial charge in [-0.25, -0.2) is 9.69 Å². The number of amides is 2. The third-order valence-electron chi connectivity index (χ3n) is 13.3. The summed E-state index contributed by atoms with van der Waals surface area (Å²) in [5.41, 5.74) is -1.37. The van der Waals surface area contributed by atoms with Crippen molar-refractivity contribution in [2.24, 2.45) is 5.92 Å². The first-order valence-corrected chi connectivity index (χ1v) is 22.2. The van der Waals surface area contributed by atoms with Crippen molar-refractivity contribution < 1.29 is 53.6 Å². The number of rotatable bonds is 10. The molecule has 1 saturated carbocycles. The first-order valence-electron chi connectivity index (χ1n) is 22.2. The lowest BCUT2D eigenvalue weighted by atomic mass is 9.65. The number of anilines is 1. The number of benzene rings is 5. The molecule has 342 valence electrons. The van der Waals surface area contributed by atoms with Crippen LogP contribution in [0.1, 0.15) is 90.1 Å². The SMILES string of the molecule is O=C1OC(c2ccccc2)C(c2ccccc2)N2C1C(C(=O)O)C1(C(=O)N(C(=O)OCc3ccc([N+](=O)[O-])cc3)c3ccc(C#CC4(O)CCCCCC4)cc31)C2c1cccc(OCCO)c1. The van der Waals surface area contributed by atoms with Gasteiger partial charge in [0.05, 0.1) is 29.3 Å². The lowest BCUT2D eigenvalue weighted by molar-refractivity contribution is -0.384. The molecule has 5 aromatic rings. The summed E-state index contributed by atoms with van der Waals surface area (Å²) in [7, 11) is 0. The summed E-state index contributed by atoms with van der Waals surface area (Å²) >= 11 is 0. The van der Waals surface area contributed by atoms with Crippen LogP contribution in [0.25, 0.3) is 0 Å². The summed E-state index contributed by atoms with van der Waals surface area (Å²) in [4.78, 5) is 73.4. The number of esters is 1. The Labute approximate surface area is 385 Å². The molecule has 4 aliphatic rings. The van der Waals surface area contributed by atoms with E-state index in [0.717, 1.165) is 30.6 Å². The third kappa shape index (κ3) is 8.17. The number of fused-ring (bicyclic) bond motifs is 3. The average Bonchev–Trinajstić information content (AvgIpc) is 3.68. The van der Waals surface area contributed by atoms with Crippen LogP contribution in [-0.4, -0.2) is 73.9 Å². The van der Waals surface area contributed by atoms with Crippen molar-refractivity contribution in [2.45, 2.75) is 80.4 Å². The minimum atomic E-state index is -2.29. The van der Waals surface area contributed by atoms with Crippen LogP contribution in [0.15, 0.2) is 127 Å². The molecule has 0 bridgehead atoms. The summed E-state index contributed by atoms with van der Waals surface area (Å²) in [5.74, 6) is 1.16. The van der Waals surface area contributed by atoms with Gasteiger partial charge in [-0.3, -0.25) is 29.4 Å². The molecule has 6 atom stereocenters. The Morgan fingerprint density at radius 3 is 2.15 bits per heavy atom. The number of nitro groups is 1. The van der Waals surface area contributed by atoms with Crippen molar-refractivity contribution in [1.29, 1.82) is 0 Å². The van der Waals surface area contributed by atoms with Crippen molar-refractivity contribution in [3.05, 3.63) is 171 Å². The van der Waals surface area contributed by atoms with Crippen molar-refractivity contribution in [3.63, 3.8) is 0 Å². The van der Waals surface area contributed by atoms with Crippen LogP contribution < -0.4 is 9.64 Å². The zero-order valence-electron chi connectivity index (χ0n) is 36.2. The van der Waals surface area contributed by atoms with Crippen molar-refractivity contribution in [2.75, 3.05) is 18.1 Å². The molecule has 6 unspecified atom stereocenters. The fourth-order valence-corrected chi connectivity index (χ4v) is 10.4. The van der Waals surface area contributed by atoms with Crippen LogP contribution in [0.2, 0.25) is 0 Å². The van der Waals surface area contributed by atoms with E-state index < -0.39 is 76.6 Å². The van der Waals surface area contributed by atoms with Gasteiger partial charge in [-0.1, -0.05) is 97.5 Å². The minimum absolute atomic E-state index is 0.00884. The number of cyclic esters (lactones) is 1. The molecule has 1 spiro atoms. The number of nitrogens with zero attached hydrogens (tertiary/aromatic N) is 3. The number of carboxylic acid groups (broad SMARTS) is 1. The van der Waals surface area contributed by atoms with E-state index in [-0.39, 0.29) is 35.9 Å². The van der Waals surface area contributed by atoms with Crippen molar-refractivity contribution >= 4 is 35.3 Å². The number of ether oxygens (including phenoxy) is 3. The standard InChI is InChI=1S/C52H47N3O12/c56-28-29-65-39-17-11-16-37(31-39)46-52(42(47(57)58)44-48(59)67-45(36-14-7-4-8-15-36)43(54(44)46)35-12-5-3-6-13-35)40-30-33(24-27-51(62)25-9-1-2-10-26-51)20-23-41(40)53(49(52)60)50(61)66-32-34-18-21-38(22-19-34)55(63)64/h3-8,11-23,30-31,42-46,56,62H,1-2,9-10,25-26,28-29,32H2,(H,57,58). The summed E-state index contributed by atoms with van der Waals surface area (Å²) in [6.07, 6.45) is 2.24. The van der Waals surface area contributed by atoms with Crippen molar-refractivity contribution in [3.8, 4) is 17.6 Å². The Morgan fingerprint density at radius 1 is 0.821 bits per heavy atom. The minimum Gasteiger partial charge on any atom is -0.491 e. The smallest absolute Gasteiger partial charge is 0.421 e. The lowest BCUT2D eigenvalue weighted by Crippen LogP contribution is -2.53. The molecule has 67 heavy (non-hydrogen) atoms. The second kappa shape index (κ2) is 18.5. The molecule has 3 fully saturated rings. The first-order chi connectivity index (χ1) is 32.4. The van der Waals surface area contributed by atoms with E-state index in [0.29, 0.717) is 40.7 Å². The molecule has 0 radical (unpaired) electrons. The van der Waals surface area contributed by atoms with Gasteiger partial charge in [-0.05, 0) is 96.0 Å². The van der Waals surface area contributed by atoms with E-state index in [4.69, 9.17) is 14.2 Å². The topological polar surface area (TPSA) is 206 Å².